The minimum atomic E-state index is -1.15. The Balaban J connectivity index is 2.02. The van der Waals surface area contributed by atoms with Gasteiger partial charge in [0.15, 0.2) is 5.69 Å². The molecule has 0 aliphatic rings. The molecule has 4 heteroatoms. The summed E-state index contributed by atoms with van der Waals surface area (Å²) in [7, 11) is 0. The van der Waals surface area contributed by atoms with E-state index in [1.165, 1.54) is 11.6 Å². The monoisotopic (exact) mass is 279 g/mol. The smallest absolute Gasteiger partial charge is 0.354 e. The van der Waals surface area contributed by atoms with E-state index in [0.717, 1.165) is 12.0 Å². The van der Waals surface area contributed by atoms with E-state index in [4.69, 9.17) is 5.11 Å². The number of carboxylic acids is 1. The second-order valence-electron chi connectivity index (χ2n) is 4.85. The predicted octanol–water partition coefficient (Wildman–Crippen LogP) is 3.23. The van der Waals surface area contributed by atoms with Gasteiger partial charge in [0.2, 0.25) is 0 Å². The van der Waals surface area contributed by atoms with Crippen LogP contribution in [0.5, 0.6) is 5.75 Å². The third kappa shape index (κ3) is 2.69. The number of pyridine rings is 1. The van der Waals surface area contributed by atoms with Crippen LogP contribution in [0.3, 0.4) is 0 Å². The Kier molecular flexibility index (Phi) is 3.28. The molecule has 0 saturated carbocycles. The van der Waals surface area contributed by atoms with Gasteiger partial charge in [-0.15, -0.1) is 0 Å². The molecule has 0 unspecified atom stereocenters. The van der Waals surface area contributed by atoms with E-state index in [0.29, 0.717) is 10.9 Å². The van der Waals surface area contributed by atoms with Crippen LogP contribution >= 0.6 is 0 Å². The van der Waals surface area contributed by atoms with Crippen LogP contribution in [0.4, 0.5) is 0 Å². The van der Waals surface area contributed by atoms with E-state index in [9.17, 15) is 9.90 Å². The first-order valence-corrected chi connectivity index (χ1v) is 6.53. The third-order valence-corrected chi connectivity index (χ3v) is 3.32. The molecule has 1 heterocycles. The van der Waals surface area contributed by atoms with Crippen molar-refractivity contribution in [2.45, 2.75) is 6.42 Å². The maximum absolute atomic E-state index is 10.9. The number of nitrogens with zero attached hydrogens (tertiary/aromatic N) is 1. The minimum absolute atomic E-state index is 0.0627. The van der Waals surface area contributed by atoms with Gasteiger partial charge in [-0.1, -0.05) is 36.4 Å². The predicted molar refractivity (Wildman–Crippen MR) is 79.6 cm³/mol. The summed E-state index contributed by atoms with van der Waals surface area (Å²) in [5.41, 5.74) is 2.53. The lowest BCUT2D eigenvalue weighted by molar-refractivity contribution is 0.0690. The first kappa shape index (κ1) is 13.1. The van der Waals surface area contributed by atoms with Crippen LogP contribution in [0, 0.1) is 0 Å². The fraction of sp³-hybridized carbons (Fsp3) is 0.0588. The third-order valence-electron chi connectivity index (χ3n) is 3.32. The topological polar surface area (TPSA) is 70.4 Å². The second kappa shape index (κ2) is 5.25. The number of aromatic carboxylic acids is 1. The minimum Gasteiger partial charge on any atom is -0.507 e. The maximum Gasteiger partial charge on any atom is 0.354 e. The van der Waals surface area contributed by atoms with Crippen LogP contribution in [0.25, 0.3) is 10.9 Å². The summed E-state index contributed by atoms with van der Waals surface area (Å²) >= 11 is 0. The van der Waals surface area contributed by atoms with Gasteiger partial charge in [-0.3, -0.25) is 0 Å². The summed E-state index contributed by atoms with van der Waals surface area (Å²) in [6.07, 6.45) is 0.747. The molecule has 0 aliphatic carbocycles. The SMILES string of the molecule is O=C(O)c1cc(O)c2cc(Cc3ccccc3)ccc2n1. The molecule has 0 amide bonds. The number of aromatic nitrogens is 1. The van der Waals surface area contributed by atoms with E-state index in [-0.39, 0.29) is 11.4 Å². The van der Waals surface area contributed by atoms with E-state index in [1.807, 2.05) is 42.5 Å². The van der Waals surface area contributed by atoms with Gasteiger partial charge in [0.1, 0.15) is 5.75 Å². The maximum atomic E-state index is 10.9. The van der Waals surface area contributed by atoms with Crippen LogP contribution in [-0.4, -0.2) is 21.2 Å². The summed E-state index contributed by atoms with van der Waals surface area (Å²) < 4.78 is 0. The number of benzene rings is 2. The molecule has 4 nitrogen and oxygen atoms in total. The molecule has 0 radical (unpaired) electrons. The highest BCUT2D eigenvalue weighted by molar-refractivity contribution is 5.93. The highest BCUT2D eigenvalue weighted by atomic mass is 16.4. The number of carboxylic acid groups (broad SMARTS) is 1. The molecule has 3 rings (SSSR count). The van der Waals surface area contributed by atoms with Crippen molar-refractivity contribution >= 4 is 16.9 Å². The molecule has 21 heavy (non-hydrogen) atoms. The number of carbonyl (C=O) groups is 1. The van der Waals surface area contributed by atoms with E-state index >= 15 is 0 Å². The van der Waals surface area contributed by atoms with Crippen LogP contribution in [0.15, 0.2) is 54.6 Å². The quantitative estimate of drug-likeness (QED) is 0.772. The lowest BCUT2D eigenvalue weighted by Crippen LogP contribution is -2.00. The Labute approximate surface area is 121 Å². The summed E-state index contributed by atoms with van der Waals surface area (Å²) in [5.74, 6) is -1.21. The van der Waals surface area contributed by atoms with Crippen molar-refractivity contribution in [3.63, 3.8) is 0 Å². The van der Waals surface area contributed by atoms with Gasteiger partial charge in [-0.2, -0.15) is 0 Å². The average Bonchev–Trinajstić information content (AvgIpc) is 2.48. The molecule has 2 aromatic carbocycles. The lowest BCUT2D eigenvalue weighted by Gasteiger charge is -2.06. The van der Waals surface area contributed by atoms with Gasteiger partial charge in [0.05, 0.1) is 5.52 Å². The number of hydrogen-bond acceptors (Lipinski definition) is 3. The normalized spacial score (nSPS) is 10.7. The van der Waals surface area contributed by atoms with Crippen molar-refractivity contribution in [2.75, 3.05) is 0 Å². The van der Waals surface area contributed by atoms with Crippen molar-refractivity contribution in [1.82, 2.24) is 4.98 Å². The summed E-state index contributed by atoms with van der Waals surface area (Å²) in [6.45, 7) is 0. The molecular weight excluding hydrogens is 266 g/mol. The molecule has 0 saturated heterocycles. The van der Waals surface area contributed by atoms with Gasteiger partial charge < -0.3 is 10.2 Å². The van der Waals surface area contributed by atoms with Crippen molar-refractivity contribution in [3.8, 4) is 5.75 Å². The molecule has 0 atom stereocenters. The molecule has 0 aliphatic heterocycles. The van der Waals surface area contributed by atoms with Crippen molar-refractivity contribution < 1.29 is 15.0 Å². The van der Waals surface area contributed by atoms with Crippen molar-refractivity contribution in [3.05, 3.63) is 71.4 Å². The zero-order chi connectivity index (χ0) is 14.8. The van der Waals surface area contributed by atoms with E-state index in [2.05, 4.69) is 4.98 Å². The zero-order valence-electron chi connectivity index (χ0n) is 11.2. The molecule has 2 N–H and O–H groups in total. The van der Waals surface area contributed by atoms with Crippen LogP contribution in [0.1, 0.15) is 21.6 Å². The Hall–Kier alpha value is -2.88. The highest BCUT2D eigenvalue weighted by Gasteiger charge is 2.10. The van der Waals surface area contributed by atoms with Crippen molar-refractivity contribution in [1.29, 1.82) is 0 Å². The van der Waals surface area contributed by atoms with Gasteiger partial charge >= 0.3 is 5.97 Å². The summed E-state index contributed by atoms with van der Waals surface area (Å²) in [6, 6.07) is 16.7. The molecular formula is C17H13NO3. The molecule has 104 valence electrons. The van der Waals surface area contributed by atoms with Gasteiger partial charge in [-0.25, -0.2) is 9.78 Å². The molecule has 3 aromatic rings. The fourth-order valence-corrected chi connectivity index (χ4v) is 2.31. The Morgan fingerprint density at radius 1 is 1.00 bits per heavy atom. The number of aromatic hydroxyl groups is 1. The standard InChI is InChI=1S/C17H13NO3/c19-16-10-15(17(20)21)18-14-7-6-12(9-13(14)16)8-11-4-2-1-3-5-11/h1-7,9-10H,8H2,(H,18,19)(H,20,21). The molecule has 1 aromatic heterocycles. The van der Waals surface area contributed by atoms with Crippen LogP contribution in [-0.2, 0) is 6.42 Å². The molecule has 0 fully saturated rings. The summed E-state index contributed by atoms with van der Waals surface area (Å²) in [4.78, 5) is 15.0. The fourth-order valence-electron chi connectivity index (χ4n) is 2.31. The average molecular weight is 279 g/mol. The van der Waals surface area contributed by atoms with E-state index in [1.54, 1.807) is 6.07 Å². The largest absolute Gasteiger partial charge is 0.507 e. The second-order valence-corrected chi connectivity index (χ2v) is 4.85. The van der Waals surface area contributed by atoms with Gasteiger partial charge in [0.25, 0.3) is 0 Å². The van der Waals surface area contributed by atoms with Crippen molar-refractivity contribution in [2.24, 2.45) is 0 Å². The van der Waals surface area contributed by atoms with Crippen LogP contribution in [0.2, 0.25) is 0 Å². The first-order chi connectivity index (χ1) is 10.1. The Morgan fingerprint density at radius 2 is 1.76 bits per heavy atom. The number of fused-ring (bicyclic) bond motifs is 1. The first-order valence-electron chi connectivity index (χ1n) is 6.53. The lowest BCUT2D eigenvalue weighted by atomic mass is 10.0. The molecule has 0 bridgehead atoms. The van der Waals surface area contributed by atoms with E-state index < -0.39 is 5.97 Å². The Bertz CT molecular complexity index is 813. The van der Waals surface area contributed by atoms with Gasteiger partial charge in [-0.05, 0) is 29.7 Å². The molecule has 0 spiro atoms. The zero-order valence-corrected chi connectivity index (χ0v) is 11.2. The highest BCUT2D eigenvalue weighted by Crippen LogP contribution is 2.26. The van der Waals surface area contributed by atoms with Gasteiger partial charge in [0, 0.05) is 11.5 Å². The number of rotatable bonds is 3. The summed E-state index contributed by atoms with van der Waals surface area (Å²) in [5, 5.41) is 19.5. The van der Waals surface area contributed by atoms with Crippen LogP contribution < -0.4 is 0 Å². The Morgan fingerprint density at radius 3 is 2.48 bits per heavy atom. The number of hydrogen-bond donors (Lipinski definition) is 2.